The number of methoxy groups -OCH3 is 1. The number of nitrogens with zero attached hydrogens (tertiary/aromatic N) is 1. The molecule has 9 heteroatoms. The second kappa shape index (κ2) is 8.96. The molecule has 3 amide bonds. The number of rotatable bonds is 7. The van der Waals surface area contributed by atoms with Crippen LogP contribution < -0.4 is 24.3 Å². The second-order valence-electron chi connectivity index (χ2n) is 7.82. The smallest absolute Gasteiger partial charge is 0.325 e. The molecule has 2 atom stereocenters. The lowest BCUT2D eigenvalue weighted by Crippen LogP contribution is -2.42. The van der Waals surface area contributed by atoms with Crippen molar-refractivity contribution in [3.05, 3.63) is 48.0 Å². The number of hydrogen-bond acceptors (Lipinski definition) is 7. The average molecular weight is 442 g/mol. The molecule has 170 valence electrons. The summed E-state index contributed by atoms with van der Waals surface area (Å²) in [5.74, 6) is 1.91. The number of aliphatic hydroxyl groups is 1. The number of ether oxygens (including phenoxy) is 4. The first-order chi connectivity index (χ1) is 15.4. The van der Waals surface area contributed by atoms with E-state index >= 15 is 0 Å². The zero-order valence-electron chi connectivity index (χ0n) is 18.0. The molecule has 0 radical (unpaired) electrons. The molecular weight excluding hydrogens is 416 g/mol. The van der Waals surface area contributed by atoms with Crippen LogP contribution >= 0.6 is 0 Å². The second-order valence-corrected chi connectivity index (χ2v) is 7.82. The third kappa shape index (κ3) is 4.29. The van der Waals surface area contributed by atoms with Gasteiger partial charge in [-0.05, 0) is 48.9 Å². The summed E-state index contributed by atoms with van der Waals surface area (Å²) >= 11 is 0. The van der Waals surface area contributed by atoms with E-state index in [2.05, 4.69) is 5.32 Å². The maximum Gasteiger partial charge on any atom is 0.325 e. The first-order valence-corrected chi connectivity index (χ1v) is 10.4. The van der Waals surface area contributed by atoms with Crippen LogP contribution in [-0.2, 0) is 10.3 Å². The molecular formula is C23H26N2O7. The summed E-state index contributed by atoms with van der Waals surface area (Å²) in [6.45, 7) is 2.43. The third-order valence-corrected chi connectivity index (χ3v) is 5.49. The topological polar surface area (TPSA) is 107 Å². The predicted octanol–water partition coefficient (Wildman–Crippen LogP) is 2.06. The largest absolute Gasteiger partial charge is 0.497 e. The van der Waals surface area contributed by atoms with Crippen molar-refractivity contribution in [3.63, 3.8) is 0 Å². The van der Waals surface area contributed by atoms with Gasteiger partial charge in [-0.15, -0.1) is 0 Å². The minimum absolute atomic E-state index is 0.0792. The Hall–Kier alpha value is -3.46. The number of benzene rings is 2. The summed E-state index contributed by atoms with van der Waals surface area (Å²) in [5, 5.41) is 13.1. The van der Waals surface area contributed by atoms with Crippen LogP contribution in [0.4, 0.5) is 4.79 Å². The summed E-state index contributed by atoms with van der Waals surface area (Å²) in [6.07, 6.45) is -0.292. The van der Waals surface area contributed by atoms with Gasteiger partial charge in [0.05, 0.1) is 26.9 Å². The van der Waals surface area contributed by atoms with Crippen LogP contribution in [0, 0.1) is 0 Å². The molecule has 0 saturated carbocycles. The molecule has 32 heavy (non-hydrogen) atoms. The Morgan fingerprint density at radius 2 is 1.78 bits per heavy atom. The van der Waals surface area contributed by atoms with Crippen molar-refractivity contribution in [1.29, 1.82) is 0 Å². The highest BCUT2D eigenvalue weighted by molar-refractivity contribution is 6.07. The quantitative estimate of drug-likeness (QED) is 0.632. The van der Waals surface area contributed by atoms with E-state index in [1.165, 1.54) is 0 Å². The minimum atomic E-state index is -1.28. The lowest BCUT2D eigenvalue weighted by Gasteiger charge is -2.24. The number of amides is 3. The molecule has 2 aliphatic rings. The highest BCUT2D eigenvalue weighted by Crippen LogP contribution is 2.36. The monoisotopic (exact) mass is 442 g/mol. The fourth-order valence-corrected chi connectivity index (χ4v) is 3.66. The molecule has 2 aromatic carbocycles. The van der Waals surface area contributed by atoms with Crippen LogP contribution in [0.15, 0.2) is 42.5 Å². The Morgan fingerprint density at radius 3 is 2.50 bits per heavy atom. The van der Waals surface area contributed by atoms with E-state index in [0.717, 1.165) is 11.3 Å². The number of urea groups is 1. The molecule has 0 aromatic heterocycles. The highest BCUT2D eigenvalue weighted by atomic mass is 16.5. The Morgan fingerprint density at radius 1 is 1.09 bits per heavy atom. The van der Waals surface area contributed by atoms with Gasteiger partial charge < -0.3 is 29.4 Å². The Bertz CT molecular complexity index is 994. The normalized spacial score (nSPS) is 21.0. The van der Waals surface area contributed by atoms with E-state index in [9.17, 15) is 14.7 Å². The average Bonchev–Trinajstić information content (AvgIpc) is 2.96. The fraction of sp³-hybridized carbons (Fsp3) is 0.391. The van der Waals surface area contributed by atoms with Crippen LogP contribution in [0.5, 0.6) is 23.0 Å². The van der Waals surface area contributed by atoms with Crippen molar-refractivity contribution < 1.29 is 33.6 Å². The SMILES string of the molecule is COc1ccc(OCC(O)CN2C(=O)NC(C)(c3ccc4c(c3)OCCCO4)C2=O)cc1. The zero-order chi connectivity index (χ0) is 22.7. The molecule has 0 aliphatic carbocycles. The highest BCUT2D eigenvalue weighted by Gasteiger charge is 2.49. The minimum Gasteiger partial charge on any atom is -0.497 e. The number of imide groups is 1. The predicted molar refractivity (Wildman–Crippen MR) is 114 cm³/mol. The van der Waals surface area contributed by atoms with Gasteiger partial charge in [0.2, 0.25) is 0 Å². The number of hydrogen-bond donors (Lipinski definition) is 2. The summed E-state index contributed by atoms with van der Waals surface area (Å²) in [5.41, 5.74) is -0.704. The van der Waals surface area contributed by atoms with Crippen LogP contribution in [0.25, 0.3) is 0 Å². The molecule has 0 bridgehead atoms. The number of carbonyl (C=O) groups is 2. The van der Waals surface area contributed by atoms with E-state index in [1.807, 2.05) is 0 Å². The van der Waals surface area contributed by atoms with Gasteiger partial charge in [-0.2, -0.15) is 0 Å². The summed E-state index contributed by atoms with van der Waals surface area (Å²) in [7, 11) is 1.57. The lowest BCUT2D eigenvalue weighted by molar-refractivity contribution is -0.132. The van der Waals surface area contributed by atoms with Gasteiger partial charge in [0, 0.05) is 6.42 Å². The standard InChI is InChI=1S/C23H26N2O7/c1-23(15-4-9-19-20(12-15)31-11-3-10-30-19)21(27)25(22(28)24-23)13-16(26)14-32-18-7-5-17(29-2)6-8-18/h4-9,12,16,26H,3,10-11,13-14H2,1-2H3,(H,24,28). The zero-order valence-corrected chi connectivity index (χ0v) is 18.0. The number of carbonyl (C=O) groups excluding carboxylic acids is 2. The molecule has 2 unspecified atom stereocenters. The molecule has 2 aliphatic heterocycles. The Labute approximate surface area is 185 Å². The molecule has 1 saturated heterocycles. The Balaban J connectivity index is 1.42. The van der Waals surface area contributed by atoms with Crippen LogP contribution in [0.2, 0.25) is 0 Å². The third-order valence-electron chi connectivity index (χ3n) is 5.49. The summed E-state index contributed by atoms with van der Waals surface area (Å²) in [6, 6.07) is 11.5. The molecule has 4 rings (SSSR count). The van der Waals surface area contributed by atoms with E-state index in [4.69, 9.17) is 18.9 Å². The maximum atomic E-state index is 13.2. The van der Waals surface area contributed by atoms with Gasteiger partial charge in [-0.25, -0.2) is 4.79 Å². The van der Waals surface area contributed by atoms with Crippen molar-refractivity contribution in [2.75, 3.05) is 33.5 Å². The van der Waals surface area contributed by atoms with Crippen molar-refractivity contribution in [1.82, 2.24) is 10.2 Å². The summed E-state index contributed by atoms with van der Waals surface area (Å²) < 4.78 is 22.0. The van der Waals surface area contributed by atoms with Crippen molar-refractivity contribution >= 4 is 11.9 Å². The summed E-state index contributed by atoms with van der Waals surface area (Å²) in [4.78, 5) is 26.7. The van der Waals surface area contributed by atoms with Gasteiger partial charge in [0.1, 0.15) is 29.7 Å². The van der Waals surface area contributed by atoms with E-state index in [1.54, 1.807) is 56.5 Å². The van der Waals surface area contributed by atoms with Gasteiger partial charge in [-0.3, -0.25) is 9.69 Å². The maximum absolute atomic E-state index is 13.2. The van der Waals surface area contributed by atoms with E-state index < -0.39 is 23.6 Å². The Kier molecular flexibility index (Phi) is 6.09. The molecule has 9 nitrogen and oxygen atoms in total. The molecule has 2 heterocycles. The number of aliphatic hydroxyl groups excluding tert-OH is 1. The van der Waals surface area contributed by atoms with Gasteiger partial charge in [0.25, 0.3) is 5.91 Å². The van der Waals surface area contributed by atoms with Crippen molar-refractivity contribution in [2.24, 2.45) is 0 Å². The van der Waals surface area contributed by atoms with Crippen LogP contribution in [-0.4, -0.2) is 61.5 Å². The lowest BCUT2D eigenvalue weighted by atomic mass is 9.91. The molecule has 0 spiro atoms. The van der Waals surface area contributed by atoms with E-state index in [0.29, 0.717) is 41.8 Å². The number of β-amino-alcohol motifs (C(OH)–C–C–N with tert-alkyl or cyclic N) is 1. The van der Waals surface area contributed by atoms with Gasteiger partial charge in [0.15, 0.2) is 11.5 Å². The molecule has 1 fully saturated rings. The molecule has 2 aromatic rings. The first-order valence-electron chi connectivity index (χ1n) is 10.4. The number of fused-ring (bicyclic) bond motifs is 1. The molecule has 2 N–H and O–H groups in total. The van der Waals surface area contributed by atoms with Gasteiger partial charge in [-0.1, -0.05) is 6.07 Å². The van der Waals surface area contributed by atoms with E-state index in [-0.39, 0.29) is 13.2 Å². The van der Waals surface area contributed by atoms with Crippen molar-refractivity contribution in [2.45, 2.75) is 25.0 Å². The van der Waals surface area contributed by atoms with Crippen LogP contribution in [0.3, 0.4) is 0 Å². The first kappa shape index (κ1) is 21.8. The van der Waals surface area contributed by atoms with Crippen LogP contribution in [0.1, 0.15) is 18.9 Å². The van der Waals surface area contributed by atoms with Crippen molar-refractivity contribution in [3.8, 4) is 23.0 Å². The fourth-order valence-electron chi connectivity index (χ4n) is 3.66. The van der Waals surface area contributed by atoms with Gasteiger partial charge >= 0.3 is 6.03 Å². The number of nitrogens with one attached hydrogen (secondary N) is 1.